The molecule has 128 valence electrons. The number of fused-ring (bicyclic) bond motifs is 3. The first kappa shape index (κ1) is 14.6. The van der Waals surface area contributed by atoms with Crippen LogP contribution in [0.1, 0.15) is 50.9 Å². The first-order chi connectivity index (χ1) is 12.4. The van der Waals surface area contributed by atoms with Crippen LogP contribution in [0, 0.1) is 0 Å². The van der Waals surface area contributed by atoms with Crippen LogP contribution in [0.3, 0.4) is 0 Å². The molecule has 3 aromatic rings. The van der Waals surface area contributed by atoms with Crippen LogP contribution in [0.15, 0.2) is 24.9 Å². The number of H-pyrrole nitrogens is 1. The molecule has 1 fully saturated rings. The fraction of sp³-hybridized carbons (Fsp3) is 0.471. The van der Waals surface area contributed by atoms with Crippen LogP contribution in [0.25, 0.3) is 17.1 Å². The lowest BCUT2D eigenvalue weighted by atomic mass is 10.0. The summed E-state index contributed by atoms with van der Waals surface area (Å²) in [5.41, 5.74) is 1.86. The molecule has 0 aromatic carbocycles. The van der Waals surface area contributed by atoms with E-state index in [9.17, 15) is 0 Å². The van der Waals surface area contributed by atoms with Gasteiger partial charge >= 0.3 is 0 Å². The van der Waals surface area contributed by atoms with Gasteiger partial charge in [0.15, 0.2) is 17.5 Å². The fourth-order valence-corrected chi connectivity index (χ4v) is 4.16. The molecule has 0 saturated heterocycles. The Bertz CT molecular complexity index is 878. The molecule has 1 N–H and O–H groups in total. The second-order valence-corrected chi connectivity index (χ2v) is 6.72. The largest absolute Gasteiger partial charge is 0.342 e. The van der Waals surface area contributed by atoms with Crippen molar-refractivity contribution in [2.75, 3.05) is 4.90 Å². The number of nitrogens with zero attached hydrogens (tertiary/aromatic N) is 7. The normalized spacial score (nSPS) is 19.9. The van der Waals surface area contributed by atoms with E-state index in [1.165, 1.54) is 25.7 Å². The van der Waals surface area contributed by atoms with E-state index in [0.29, 0.717) is 11.9 Å². The topological polar surface area (TPSA) is 88.4 Å². The highest BCUT2D eigenvalue weighted by Gasteiger charge is 2.38. The Kier molecular flexibility index (Phi) is 3.29. The number of aromatic amines is 1. The van der Waals surface area contributed by atoms with Crippen molar-refractivity contribution < 1.29 is 0 Å². The molecule has 1 aliphatic heterocycles. The zero-order valence-electron chi connectivity index (χ0n) is 14.1. The molecule has 8 nitrogen and oxygen atoms in total. The summed E-state index contributed by atoms with van der Waals surface area (Å²) in [7, 11) is 0. The van der Waals surface area contributed by atoms with Gasteiger partial charge in [-0.05, 0) is 19.3 Å². The van der Waals surface area contributed by atoms with Crippen LogP contribution in [0.5, 0.6) is 0 Å². The summed E-state index contributed by atoms with van der Waals surface area (Å²) in [6.07, 6.45) is 13.2. The van der Waals surface area contributed by atoms with Crippen LogP contribution in [0.2, 0.25) is 0 Å². The van der Waals surface area contributed by atoms with Crippen LogP contribution in [-0.4, -0.2) is 41.0 Å². The third-order valence-electron chi connectivity index (χ3n) is 5.32. The molecule has 8 heteroatoms. The Labute approximate surface area is 145 Å². The van der Waals surface area contributed by atoms with Crippen molar-refractivity contribution in [2.45, 2.75) is 51.1 Å². The van der Waals surface area contributed by atoms with Crippen molar-refractivity contribution in [3.63, 3.8) is 0 Å². The molecule has 0 amide bonds. The molecule has 5 rings (SSSR count). The quantitative estimate of drug-likeness (QED) is 0.791. The Morgan fingerprint density at radius 3 is 2.88 bits per heavy atom. The lowest BCUT2D eigenvalue weighted by molar-refractivity contribution is 0.469. The van der Waals surface area contributed by atoms with Crippen molar-refractivity contribution in [1.29, 1.82) is 0 Å². The summed E-state index contributed by atoms with van der Waals surface area (Å²) in [5, 5.41) is 15.4. The third-order valence-corrected chi connectivity index (χ3v) is 5.32. The number of nitrogens with one attached hydrogen (secondary N) is 1. The number of hydrogen-bond donors (Lipinski definition) is 1. The molecule has 1 saturated carbocycles. The maximum Gasteiger partial charge on any atom is 0.164 e. The Balaban J connectivity index is 1.70. The van der Waals surface area contributed by atoms with Gasteiger partial charge < -0.3 is 4.90 Å². The molecule has 1 aliphatic carbocycles. The van der Waals surface area contributed by atoms with Crippen molar-refractivity contribution >= 4 is 5.82 Å². The molecule has 2 aliphatic rings. The van der Waals surface area contributed by atoms with Gasteiger partial charge in [-0.2, -0.15) is 5.10 Å². The van der Waals surface area contributed by atoms with E-state index in [1.807, 2.05) is 17.0 Å². The molecule has 25 heavy (non-hydrogen) atoms. The van der Waals surface area contributed by atoms with Crippen LogP contribution in [-0.2, 0) is 0 Å². The molecular formula is C17H20N8. The maximum absolute atomic E-state index is 4.94. The Morgan fingerprint density at radius 2 is 2.12 bits per heavy atom. The lowest BCUT2D eigenvalue weighted by Crippen LogP contribution is -2.42. The molecule has 1 unspecified atom stereocenters. The monoisotopic (exact) mass is 336 g/mol. The third kappa shape index (κ3) is 2.16. The fourth-order valence-electron chi connectivity index (χ4n) is 4.16. The number of aromatic nitrogens is 7. The van der Waals surface area contributed by atoms with Gasteiger partial charge in [0.05, 0.1) is 24.0 Å². The van der Waals surface area contributed by atoms with E-state index >= 15 is 0 Å². The van der Waals surface area contributed by atoms with Gasteiger partial charge in [-0.25, -0.2) is 9.97 Å². The molecule has 0 radical (unpaired) electrons. The lowest BCUT2D eigenvalue weighted by Gasteiger charge is -2.40. The van der Waals surface area contributed by atoms with E-state index in [1.54, 1.807) is 12.5 Å². The van der Waals surface area contributed by atoms with Crippen LogP contribution < -0.4 is 4.90 Å². The van der Waals surface area contributed by atoms with Crippen molar-refractivity contribution in [2.24, 2.45) is 0 Å². The highest BCUT2D eigenvalue weighted by Crippen LogP contribution is 2.42. The molecule has 0 spiro atoms. The summed E-state index contributed by atoms with van der Waals surface area (Å²) < 4.78 is 2.04. The van der Waals surface area contributed by atoms with Crippen molar-refractivity contribution in [3.8, 4) is 17.1 Å². The van der Waals surface area contributed by atoms with Gasteiger partial charge in [-0.3, -0.25) is 9.67 Å². The van der Waals surface area contributed by atoms with Gasteiger partial charge in [0.2, 0.25) is 0 Å². The van der Waals surface area contributed by atoms with Crippen LogP contribution >= 0.6 is 0 Å². The van der Waals surface area contributed by atoms with Crippen molar-refractivity contribution in [3.05, 3.63) is 30.7 Å². The minimum Gasteiger partial charge on any atom is -0.342 e. The van der Waals surface area contributed by atoms with Gasteiger partial charge in [-0.1, -0.05) is 19.8 Å². The minimum absolute atomic E-state index is 0.199. The minimum atomic E-state index is 0.199. The van der Waals surface area contributed by atoms with E-state index in [4.69, 9.17) is 4.98 Å². The summed E-state index contributed by atoms with van der Waals surface area (Å²) in [6, 6.07) is 0.700. The summed E-state index contributed by atoms with van der Waals surface area (Å²) in [4.78, 5) is 12.0. The predicted octanol–water partition coefficient (Wildman–Crippen LogP) is 2.66. The second-order valence-electron chi connectivity index (χ2n) is 6.72. The standard InChI is InChI=1S/C17H20N8/c1-2-13-17-23-21-10-24(17)14-9-18-15(11-7-19-20-8-11)22-16(14)25(13)12-5-3-4-6-12/h7-10,12-13H,2-6H2,1H3,(H,19,20). The molecule has 1 atom stereocenters. The van der Waals surface area contributed by atoms with Crippen LogP contribution in [0.4, 0.5) is 5.82 Å². The maximum atomic E-state index is 4.94. The van der Waals surface area contributed by atoms with Gasteiger partial charge in [0.1, 0.15) is 12.0 Å². The smallest absolute Gasteiger partial charge is 0.164 e. The molecule has 0 bridgehead atoms. The average Bonchev–Trinajstić information content (AvgIpc) is 3.42. The summed E-state index contributed by atoms with van der Waals surface area (Å²) >= 11 is 0. The molecule has 3 aromatic heterocycles. The van der Waals surface area contributed by atoms with E-state index < -0.39 is 0 Å². The van der Waals surface area contributed by atoms with E-state index in [0.717, 1.165) is 29.3 Å². The number of hydrogen-bond acceptors (Lipinski definition) is 6. The Hall–Kier alpha value is -2.77. The zero-order valence-corrected chi connectivity index (χ0v) is 14.1. The van der Waals surface area contributed by atoms with E-state index in [2.05, 4.69) is 37.2 Å². The molecule has 4 heterocycles. The number of anilines is 1. The SMILES string of the molecule is CCC1c2nncn2-c2cnc(-c3cn[nH]c3)nc2N1C1CCCC1. The summed E-state index contributed by atoms with van der Waals surface area (Å²) in [5.74, 6) is 2.67. The summed E-state index contributed by atoms with van der Waals surface area (Å²) in [6.45, 7) is 2.20. The second kappa shape index (κ2) is 5.65. The van der Waals surface area contributed by atoms with Gasteiger partial charge in [-0.15, -0.1) is 10.2 Å². The Morgan fingerprint density at radius 1 is 1.24 bits per heavy atom. The van der Waals surface area contributed by atoms with Gasteiger partial charge in [0, 0.05) is 12.2 Å². The predicted molar refractivity (Wildman–Crippen MR) is 92.3 cm³/mol. The first-order valence-corrected chi connectivity index (χ1v) is 8.91. The van der Waals surface area contributed by atoms with Crippen molar-refractivity contribution in [1.82, 2.24) is 34.9 Å². The first-order valence-electron chi connectivity index (χ1n) is 8.91. The zero-order chi connectivity index (χ0) is 16.8. The highest BCUT2D eigenvalue weighted by atomic mass is 15.4. The van der Waals surface area contributed by atoms with Gasteiger partial charge in [0.25, 0.3) is 0 Å². The highest BCUT2D eigenvalue weighted by molar-refractivity contribution is 5.66. The molecular weight excluding hydrogens is 316 g/mol. The van der Waals surface area contributed by atoms with E-state index in [-0.39, 0.29) is 6.04 Å². The number of rotatable bonds is 3. The average molecular weight is 336 g/mol.